The van der Waals surface area contributed by atoms with E-state index in [-0.39, 0.29) is 24.4 Å². The molecule has 1 aromatic carbocycles. The summed E-state index contributed by atoms with van der Waals surface area (Å²) >= 11 is 6.20. The molecule has 0 fully saturated rings. The standard InChI is InChI=1S/C21H21ClO4/c1-4-14-25-20(23)17(13-12-16-10-8-7-9-11-16)19(18(22)6-3)21(24)26-15-5-2/h4-13,18H,1-3,14-15H2. The van der Waals surface area contributed by atoms with Gasteiger partial charge in [0.05, 0.1) is 16.5 Å². The zero-order valence-electron chi connectivity index (χ0n) is 14.4. The summed E-state index contributed by atoms with van der Waals surface area (Å²) in [4.78, 5) is 24.9. The van der Waals surface area contributed by atoms with Crippen LogP contribution in [0.3, 0.4) is 0 Å². The second-order valence-electron chi connectivity index (χ2n) is 4.98. The first kappa shape index (κ1) is 21.2. The topological polar surface area (TPSA) is 52.6 Å². The predicted molar refractivity (Wildman–Crippen MR) is 105 cm³/mol. The third kappa shape index (κ3) is 6.57. The number of ether oxygens (including phenoxy) is 2. The van der Waals surface area contributed by atoms with Crippen LogP contribution in [0.1, 0.15) is 5.56 Å². The van der Waals surface area contributed by atoms with Crippen LogP contribution in [0.15, 0.2) is 85.5 Å². The number of carbonyl (C=O) groups is 2. The summed E-state index contributed by atoms with van der Waals surface area (Å²) in [5, 5.41) is -0.931. The quantitative estimate of drug-likeness (QED) is 0.202. The minimum Gasteiger partial charge on any atom is -0.458 e. The molecule has 1 atom stereocenters. The van der Waals surface area contributed by atoms with E-state index >= 15 is 0 Å². The van der Waals surface area contributed by atoms with Crippen molar-refractivity contribution < 1.29 is 19.1 Å². The molecule has 0 saturated carbocycles. The molecule has 0 bridgehead atoms. The Morgan fingerprint density at radius 2 is 1.58 bits per heavy atom. The number of hydrogen-bond donors (Lipinski definition) is 0. The number of hydrogen-bond acceptors (Lipinski definition) is 4. The molecule has 1 aromatic rings. The summed E-state index contributed by atoms with van der Waals surface area (Å²) in [6.07, 6.45) is 7.34. The van der Waals surface area contributed by atoms with E-state index in [0.29, 0.717) is 0 Å². The minimum atomic E-state index is -0.931. The molecule has 0 aliphatic rings. The van der Waals surface area contributed by atoms with Crippen LogP contribution >= 0.6 is 11.6 Å². The van der Waals surface area contributed by atoms with E-state index in [9.17, 15) is 9.59 Å². The molecule has 0 amide bonds. The number of rotatable bonds is 10. The Hall–Kier alpha value is -2.85. The average molecular weight is 373 g/mol. The van der Waals surface area contributed by atoms with Crippen molar-refractivity contribution in [2.75, 3.05) is 13.2 Å². The smallest absolute Gasteiger partial charge is 0.339 e. The average Bonchev–Trinajstić information content (AvgIpc) is 2.67. The Balaban J connectivity index is 3.39. The molecule has 4 nitrogen and oxygen atoms in total. The largest absolute Gasteiger partial charge is 0.458 e. The molecule has 1 unspecified atom stereocenters. The van der Waals surface area contributed by atoms with E-state index in [1.807, 2.05) is 30.3 Å². The van der Waals surface area contributed by atoms with Gasteiger partial charge in [-0.3, -0.25) is 0 Å². The fourth-order valence-electron chi connectivity index (χ4n) is 1.93. The highest BCUT2D eigenvalue weighted by Crippen LogP contribution is 2.21. The molecule has 0 aliphatic carbocycles. The Labute approximate surface area is 158 Å². The normalized spacial score (nSPS) is 12.7. The highest BCUT2D eigenvalue weighted by Gasteiger charge is 2.26. The van der Waals surface area contributed by atoms with Crippen molar-refractivity contribution >= 4 is 29.6 Å². The van der Waals surface area contributed by atoms with Crippen LogP contribution in [0.25, 0.3) is 6.08 Å². The van der Waals surface area contributed by atoms with Crippen LogP contribution < -0.4 is 0 Å². The Kier molecular flexibility index (Phi) is 9.50. The monoisotopic (exact) mass is 372 g/mol. The van der Waals surface area contributed by atoms with Crippen LogP contribution in [-0.2, 0) is 19.1 Å². The lowest BCUT2D eigenvalue weighted by Gasteiger charge is -2.14. The maximum absolute atomic E-state index is 12.5. The first-order valence-electron chi connectivity index (χ1n) is 7.85. The van der Waals surface area contributed by atoms with Gasteiger partial charge in [0.25, 0.3) is 0 Å². The molecule has 0 radical (unpaired) electrons. The number of esters is 2. The third-order valence-corrected chi connectivity index (χ3v) is 3.52. The van der Waals surface area contributed by atoms with E-state index in [1.165, 1.54) is 24.3 Å². The maximum Gasteiger partial charge on any atom is 0.339 e. The molecule has 0 spiro atoms. The highest BCUT2D eigenvalue weighted by atomic mass is 35.5. The first-order chi connectivity index (χ1) is 12.5. The van der Waals surface area contributed by atoms with Gasteiger partial charge < -0.3 is 9.47 Å². The van der Waals surface area contributed by atoms with Gasteiger partial charge in [0.15, 0.2) is 0 Å². The van der Waals surface area contributed by atoms with Crippen LogP contribution in [0.4, 0.5) is 0 Å². The molecule has 5 heteroatoms. The zero-order valence-corrected chi connectivity index (χ0v) is 15.2. The van der Waals surface area contributed by atoms with Crippen LogP contribution in [0.5, 0.6) is 0 Å². The van der Waals surface area contributed by atoms with E-state index < -0.39 is 17.3 Å². The van der Waals surface area contributed by atoms with Gasteiger partial charge in [-0.15, -0.1) is 18.2 Å². The van der Waals surface area contributed by atoms with Gasteiger partial charge in [0, 0.05) is 0 Å². The second kappa shape index (κ2) is 11.7. The fraction of sp³-hybridized carbons (Fsp3) is 0.143. The summed E-state index contributed by atoms with van der Waals surface area (Å²) in [5.74, 6) is -1.46. The third-order valence-electron chi connectivity index (χ3n) is 3.12. The summed E-state index contributed by atoms with van der Waals surface area (Å²) in [6, 6.07) is 9.28. The van der Waals surface area contributed by atoms with Gasteiger partial charge in [0.1, 0.15) is 13.2 Å². The lowest BCUT2D eigenvalue weighted by molar-refractivity contribution is -0.140. The fourth-order valence-corrected chi connectivity index (χ4v) is 2.13. The summed E-state index contributed by atoms with van der Waals surface area (Å²) in [6.45, 7) is 10.6. The van der Waals surface area contributed by atoms with Crippen molar-refractivity contribution in [3.05, 3.63) is 91.1 Å². The number of allylic oxidation sites excluding steroid dienone is 1. The van der Waals surface area contributed by atoms with Crippen molar-refractivity contribution in [1.82, 2.24) is 0 Å². The lowest BCUT2D eigenvalue weighted by Crippen LogP contribution is -2.21. The van der Waals surface area contributed by atoms with Gasteiger partial charge in [0.2, 0.25) is 0 Å². The first-order valence-corrected chi connectivity index (χ1v) is 8.28. The summed E-state index contributed by atoms with van der Waals surface area (Å²) < 4.78 is 10.1. The summed E-state index contributed by atoms with van der Waals surface area (Å²) in [5.41, 5.74) is 0.777. The maximum atomic E-state index is 12.5. The van der Waals surface area contributed by atoms with Crippen LogP contribution in [0.2, 0.25) is 0 Å². The number of halogens is 1. The van der Waals surface area contributed by atoms with Crippen LogP contribution in [0, 0.1) is 0 Å². The van der Waals surface area contributed by atoms with E-state index in [0.717, 1.165) is 5.56 Å². The second-order valence-corrected chi connectivity index (χ2v) is 5.45. The van der Waals surface area contributed by atoms with Crippen molar-refractivity contribution in [1.29, 1.82) is 0 Å². The SMILES string of the molecule is C=CCOC(=O)C(C=Cc1ccccc1)=C(C(=O)OCC=C)C(Cl)C=C. The molecule has 0 heterocycles. The Morgan fingerprint density at radius 1 is 1.00 bits per heavy atom. The molecule has 0 aliphatic heterocycles. The van der Waals surface area contributed by atoms with Crippen molar-refractivity contribution in [2.45, 2.75) is 5.38 Å². The molecular weight excluding hydrogens is 352 g/mol. The van der Waals surface area contributed by atoms with Gasteiger partial charge in [-0.2, -0.15) is 0 Å². The van der Waals surface area contributed by atoms with Gasteiger partial charge in [-0.25, -0.2) is 9.59 Å². The van der Waals surface area contributed by atoms with Crippen molar-refractivity contribution in [3.8, 4) is 0 Å². The number of alkyl halides is 1. The zero-order chi connectivity index (χ0) is 19.4. The summed E-state index contributed by atoms with van der Waals surface area (Å²) in [7, 11) is 0. The molecule has 26 heavy (non-hydrogen) atoms. The minimum absolute atomic E-state index is 0.00244. The van der Waals surface area contributed by atoms with Gasteiger partial charge >= 0.3 is 11.9 Å². The van der Waals surface area contributed by atoms with Gasteiger partial charge in [-0.1, -0.05) is 67.8 Å². The van der Waals surface area contributed by atoms with Gasteiger partial charge in [-0.05, 0) is 11.6 Å². The predicted octanol–water partition coefficient (Wildman–Crippen LogP) is 4.25. The molecule has 0 saturated heterocycles. The highest BCUT2D eigenvalue weighted by molar-refractivity contribution is 6.27. The molecule has 0 aromatic heterocycles. The Bertz CT molecular complexity index is 717. The van der Waals surface area contributed by atoms with E-state index in [4.69, 9.17) is 21.1 Å². The Morgan fingerprint density at radius 3 is 2.12 bits per heavy atom. The van der Waals surface area contributed by atoms with Crippen molar-refractivity contribution in [3.63, 3.8) is 0 Å². The number of benzene rings is 1. The molecule has 0 N–H and O–H groups in total. The molecule has 136 valence electrons. The van der Waals surface area contributed by atoms with E-state index in [2.05, 4.69) is 19.7 Å². The number of carbonyl (C=O) groups excluding carboxylic acids is 2. The lowest BCUT2D eigenvalue weighted by atomic mass is 10.0. The van der Waals surface area contributed by atoms with Crippen molar-refractivity contribution in [2.24, 2.45) is 0 Å². The van der Waals surface area contributed by atoms with Crippen LogP contribution in [-0.4, -0.2) is 30.5 Å². The van der Waals surface area contributed by atoms with E-state index in [1.54, 1.807) is 6.08 Å². The molecule has 1 rings (SSSR count). The molecular formula is C21H21ClO4.